The second kappa shape index (κ2) is 10.4. The fourth-order valence-corrected chi connectivity index (χ4v) is 3.66. The summed E-state index contributed by atoms with van der Waals surface area (Å²) in [7, 11) is 0.350. The number of nitrogens with one attached hydrogen (secondary N) is 2. The molecule has 1 aromatic carbocycles. The molecule has 0 bridgehead atoms. The summed E-state index contributed by atoms with van der Waals surface area (Å²) >= 11 is 0. The molecule has 27 heavy (non-hydrogen) atoms. The quantitative estimate of drug-likeness (QED) is 0.382. The molecule has 0 aliphatic carbocycles. The lowest BCUT2D eigenvalue weighted by Gasteiger charge is -2.38. The van der Waals surface area contributed by atoms with Crippen LogP contribution in [0.3, 0.4) is 0 Å². The Morgan fingerprint density at radius 3 is 2.52 bits per heavy atom. The lowest BCUT2D eigenvalue weighted by molar-refractivity contribution is 0.367. The van der Waals surface area contributed by atoms with Gasteiger partial charge in [0.25, 0.3) is 0 Å². The number of rotatable bonds is 8. The van der Waals surface area contributed by atoms with Gasteiger partial charge >= 0.3 is 0 Å². The molecule has 1 aliphatic rings. The van der Waals surface area contributed by atoms with Gasteiger partial charge in [-0.25, -0.2) is 13.1 Å². The minimum absolute atomic E-state index is 0.110. The Balaban J connectivity index is 1.78. The second-order valence-corrected chi connectivity index (χ2v) is 8.37. The van der Waals surface area contributed by atoms with E-state index in [1.807, 2.05) is 18.2 Å². The number of guanidine groups is 1. The van der Waals surface area contributed by atoms with Crippen LogP contribution in [-0.2, 0) is 10.0 Å². The highest BCUT2D eigenvalue weighted by Gasteiger charge is 2.21. The van der Waals surface area contributed by atoms with E-state index in [0.29, 0.717) is 19.5 Å². The maximum absolute atomic E-state index is 11.4. The van der Waals surface area contributed by atoms with E-state index >= 15 is 0 Å². The van der Waals surface area contributed by atoms with E-state index in [9.17, 15) is 8.42 Å². The van der Waals surface area contributed by atoms with Gasteiger partial charge in [0.1, 0.15) is 5.75 Å². The summed E-state index contributed by atoms with van der Waals surface area (Å²) in [5.74, 6) is 1.86. The number of hydrogen-bond acceptors (Lipinski definition) is 5. The average molecular weight is 398 g/mol. The number of para-hydroxylation sites is 2. The first kappa shape index (κ1) is 21.3. The van der Waals surface area contributed by atoms with Crippen LogP contribution in [0.4, 0.5) is 5.69 Å². The van der Waals surface area contributed by atoms with E-state index in [1.165, 1.54) is 0 Å². The summed E-state index contributed by atoms with van der Waals surface area (Å²) in [6.07, 6.45) is 0.708. The minimum Gasteiger partial charge on any atom is -0.495 e. The summed E-state index contributed by atoms with van der Waals surface area (Å²) in [5, 5.41) is 3.32. The van der Waals surface area contributed by atoms with Gasteiger partial charge in [0.2, 0.25) is 10.0 Å². The Kier molecular flexibility index (Phi) is 8.18. The number of methoxy groups -OCH3 is 1. The number of ether oxygens (including phenoxy) is 1. The summed E-state index contributed by atoms with van der Waals surface area (Å²) in [5.41, 5.74) is 1.12. The maximum Gasteiger partial charge on any atom is 0.211 e. The van der Waals surface area contributed by atoms with Crippen LogP contribution < -0.4 is 19.7 Å². The van der Waals surface area contributed by atoms with Crippen LogP contribution in [-0.4, -0.2) is 78.5 Å². The number of sulfonamides is 1. The van der Waals surface area contributed by atoms with Crippen molar-refractivity contribution in [1.82, 2.24) is 14.9 Å². The molecule has 1 fully saturated rings. The topological polar surface area (TPSA) is 86.3 Å². The first-order valence-electron chi connectivity index (χ1n) is 9.31. The molecule has 1 aliphatic heterocycles. The molecule has 0 amide bonds. The summed E-state index contributed by atoms with van der Waals surface area (Å²) in [6.45, 7) is 6.23. The SMILES string of the molecule is CCS(=O)(=O)NCCCNC(=NC)N1CCN(c2ccccc2OC)CC1. The van der Waals surface area contributed by atoms with Crippen LogP contribution in [0.5, 0.6) is 5.75 Å². The number of hydrogen-bond donors (Lipinski definition) is 2. The highest BCUT2D eigenvalue weighted by molar-refractivity contribution is 7.89. The van der Waals surface area contributed by atoms with Gasteiger partial charge in [0.05, 0.1) is 18.6 Å². The monoisotopic (exact) mass is 397 g/mol. The summed E-state index contributed by atoms with van der Waals surface area (Å²) in [6, 6.07) is 8.07. The average Bonchev–Trinajstić information content (AvgIpc) is 2.71. The molecule has 2 rings (SSSR count). The number of aliphatic imine (C=N–C) groups is 1. The number of nitrogens with zero attached hydrogens (tertiary/aromatic N) is 3. The van der Waals surface area contributed by atoms with Gasteiger partial charge in [-0.2, -0.15) is 0 Å². The van der Waals surface area contributed by atoms with Crippen molar-refractivity contribution in [2.24, 2.45) is 4.99 Å². The fourth-order valence-electron chi connectivity index (χ4n) is 3.00. The zero-order chi connectivity index (χ0) is 19.7. The van der Waals surface area contributed by atoms with E-state index in [4.69, 9.17) is 4.74 Å². The van der Waals surface area contributed by atoms with Gasteiger partial charge in [-0.15, -0.1) is 0 Å². The first-order chi connectivity index (χ1) is 13.0. The van der Waals surface area contributed by atoms with Crippen LogP contribution in [0.25, 0.3) is 0 Å². The predicted octanol–water partition coefficient (Wildman–Crippen LogP) is 0.722. The highest BCUT2D eigenvalue weighted by Crippen LogP contribution is 2.28. The Morgan fingerprint density at radius 1 is 1.19 bits per heavy atom. The Hall–Kier alpha value is -2.00. The van der Waals surface area contributed by atoms with Crippen molar-refractivity contribution in [2.45, 2.75) is 13.3 Å². The van der Waals surface area contributed by atoms with E-state index in [0.717, 1.165) is 43.6 Å². The normalized spacial score (nSPS) is 15.7. The molecule has 1 aromatic rings. The van der Waals surface area contributed by atoms with Crippen LogP contribution in [0.1, 0.15) is 13.3 Å². The van der Waals surface area contributed by atoms with Gasteiger partial charge in [0, 0.05) is 46.3 Å². The first-order valence-corrected chi connectivity index (χ1v) is 11.0. The predicted molar refractivity (Wildman–Crippen MR) is 110 cm³/mol. The third-order valence-corrected chi connectivity index (χ3v) is 5.96. The van der Waals surface area contributed by atoms with Crippen molar-refractivity contribution in [3.63, 3.8) is 0 Å². The zero-order valence-corrected chi connectivity index (χ0v) is 17.3. The zero-order valence-electron chi connectivity index (χ0n) is 16.4. The molecular formula is C18H31N5O3S. The molecular weight excluding hydrogens is 366 g/mol. The molecule has 1 saturated heterocycles. The third kappa shape index (κ3) is 6.28. The molecule has 0 atom stereocenters. The second-order valence-electron chi connectivity index (χ2n) is 6.27. The van der Waals surface area contributed by atoms with Gasteiger partial charge in [-0.05, 0) is 25.5 Å². The van der Waals surface area contributed by atoms with Gasteiger partial charge in [0.15, 0.2) is 5.96 Å². The van der Waals surface area contributed by atoms with Crippen molar-refractivity contribution < 1.29 is 13.2 Å². The highest BCUT2D eigenvalue weighted by atomic mass is 32.2. The maximum atomic E-state index is 11.4. The molecule has 0 radical (unpaired) electrons. The number of piperazine rings is 1. The number of benzene rings is 1. The largest absolute Gasteiger partial charge is 0.495 e. The van der Waals surface area contributed by atoms with Crippen molar-refractivity contribution in [3.8, 4) is 5.75 Å². The van der Waals surface area contributed by atoms with Crippen molar-refractivity contribution >= 4 is 21.7 Å². The van der Waals surface area contributed by atoms with Crippen molar-refractivity contribution in [1.29, 1.82) is 0 Å². The molecule has 0 aromatic heterocycles. The molecule has 0 unspecified atom stereocenters. The van der Waals surface area contributed by atoms with Crippen LogP contribution >= 0.6 is 0 Å². The van der Waals surface area contributed by atoms with E-state index < -0.39 is 10.0 Å². The van der Waals surface area contributed by atoms with Crippen molar-refractivity contribution in [2.75, 3.05) is 64.1 Å². The van der Waals surface area contributed by atoms with Crippen LogP contribution in [0.15, 0.2) is 29.3 Å². The van der Waals surface area contributed by atoms with Gasteiger partial charge in [-0.1, -0.05) is 12.1 Å². The fraction of sp³-hybridized carbons (Fsp3) is 0.611. The molecule has 8 nitrogen and oxygen atoms in total. The van der Waals surface area contributed by atoms with Crippen LogP contribution in [0, 0.1) is 0 Å². The van der Waals surface area contributed by atoms with E-state index in [-0.39, 0.29) is 5.75 Å². The van der Waals surface area contributed by atoms with Gasteiger partial charge in [-0.3, -0.25) is 4.99 Å². The molecule has 0 spiro atoms. The van der Waals surface area contributed by atoms with Crippen molar-refractivity contribution in [3.05, 3.63) is 24.3 Å². The molecule has 152 valence electrons. The minimum atomic E-state index is -3.12. The van der Waals surface area contributed by atoms with Gasteiger partial charge < -0.3 is 19.9 Å². The Morgan fingerprint density at radius 2 is 1.89 bits per heavy atom. The third-order valence-electron chi connectivity index (χ3n) is 4.56. The Bertz CT molecular complexity index is 715. The molecule has 9 heteroatoms. The smallest absolute Gasteiger partial charge is 0.211 e. The standard InChI is InChI=1S/C18H31N5O3S/c1-4-27(24,25)21-11-7-10-20-18(19-2)23-14-12-22(13-15-23)16-8-5-6-9-17(16)26-3/h5-6,8-9,21H,4,7,10-15H2,1-3H3,(H,19,20). The molecule has 2 N–H and O–H groups in total. The van der Waals surface area contributed by atoms with E-state index in [2.05, 4.69) is 30.9 Å². The lowest BCUT2D eigenvalue weighted by atomic mass is 10.2. The summed E-state index contributed by atoms with van der Waals surface area (Å²) < 4.78 is 30.9. The summed E-state index contributed by atoms with van der Waals surface area (Å²) in [4.78, 5) is 8.90. The molecule has 1 heterocycles. The van der Waals surface area contributed by atoms with Crippen LogP contribution in [0.2, 0.25) is 0 Å². The number of anilines is 1. The Labute approximate surface area is 162 Å². The molecule has 0 saturated carbocycles. The lowest BCUT2D eigenvalue weighted by Crippen LogP contribution is -2.52. The van der Waals surface area contributed by atoms with E-state index in [1.54, 1.807) is 21.1 Å².